The van der Waals surface area contributed by atoms with E-state index in [9.17, 15) is 8.78 Å². The molecule has 1 aromatic rings. The molecule has 0 aliphatic heterocycles. The molecule has 0 bridgehead atoms. The van der Waals surface area contributed by atoms with Crippen LogP contribution in [0.4, 0.5) is 8.78 Å². The highest BCUT2D eigenvalue weighted by Crippen LogP contribution is 2.15. The highest BCUT2D eigenvalue weighted by atomic mass is 19.1. The molecule has 5 heteroatoms. The van der Waals surface area contributed by atoms with E-state index < -0.39 is 18.8 Å². The van der Waals surface area contributed by atoms with Crippen molar-refractivity contribution in [3.05, 3.63) is 40.9 Å². The van der Waals surface area contributed by atoms with Crippen molar-refractivity contribution >= 4 is 13.2 Å². The average molecular weight is 198 g/mol. The van der Waals surface area contributed by atoms with Gasteiger partial charge in [0, 0.05) is 11.6 Å². The molecule has 0 aliphatic carbocycles. The van der Waals surface area contributed by atoms with Gasteiger partial charge in [-0.3, -0.25) is 0 Å². The predicted octanol–water partition coefficient (Wildman–Crippen LogP) is 1.30. The number of halogens is 2. The maximum Gasteiger partial charge on any atom is 0.480 e. The first kappa shape index (κ1) is 10.9. The van der Waals surface area contributed by atoms with Crippen LogP contribution in [-0.2, 0) is 0 Å². The summed E-state index contributed by atoms with van der Waals surface area (Å²) in [6.45, 7) is 1.50. The van der Waals surface area contributed by atoms with Crippen LogP contribution in [0, 0.1) is 18.6 Å². The summed E-state index contributed by atoms with van der Waals surface area (Å²) in [6, 6.07) is 2.06. The van der Waals surface area contributed by atoms with E-state index in [2.05, 4.69) is 0 Å². The van der Waals surface area contributed by atoms with Crippen LogP contribution in [0.3, 0.4) is 0 Å². The molecule has 0 saturated carbocycles. The lowest BCUT2D eigenvalue weighted by Gasteiger charge is -2.00. The second-order valence-electron chi connectivity index (χ2n) is 2.90. The van der Waals surface area contributed by atoms with Gasteiger partial charge in [-0.25, -0.2) is 8.78 Å². The van der Waals surface area contributed by atoms with Crippen LogP contribution in [0.5, 0.6) is 0 Å². The molecule has 74 valence electrons. The van der Waals surface area contributed by atoms with E-state index in [1.165, 1.54) is 19.1 Å². The van der Waals surface area contributed by atoms with E-state index in [-0.39, 0.29) is 5.56 Å². The molecule has 0 fully saturated rings. The zero-order valence-electron chi connectivity index (χ0n) is 7.54. The van der Waals surface area contributed by atoms with Gasteiger partial charge in [0.15, 0.2) is 0 Å². The molecule has 0 aliphatic rings. The number of rotatable bonds is 2. The van der Waals surface area contributed by atoms with Crippen molar-refractivity contribution in [3.8, 4) is 0 Å². The van der Waals surface area contributed by atoms with Gasteiger partial charge in [0.1, 0.15) is 11.6 Å². The number of benzene rings is 1. The average Bonchev–Trinajstić information content (AvgIpc) is 2.09. The summed E-state index contributed by atoms with van der Waals surface area (Å²) in [5.74, 6) is -0.357. The standard InChI is InChI=1S/C9H9BF2O2/c1-6-4-7(2-3-10(13)14)9(12)5-8(6)11/h2-5,13-14H,1H3/b3-2+. The van der Waals surface area contributed by atoms with E-state index in [4.69, 9.17) is 10.0 Å². The summed E-state index contributed by atoms with van der Waals surface area (Å²) in [6.07, 6.45) is 1.19. The molecular weight excluding hydrogens is 189 g/mol. The Labute approximate surface area is 80.6 Å². The first-order valence-electron chi connectivity index (χ1n) is 4.00. The lowest BCUT2D eigenvalue weighted by molar-refractivity contribution is 0.424. The second kappa shape index (κ2) is 4.35. The lowest BCUT2D eigenvalue weighted by atomic mass is 9.90. The van der Waals surface area contributed by atoms with Crippen LogP contribution in [0.1, 0.15) is 11.1 Å². The molecular formula is C9H9BF2O2. The van der Waals surface area contributed by atoms with Crippen molar-refractivity contribution in [3.63, 3.8) is 0 Å². The van der Waals surface area contributed by atoms with E-state index in [1.54, 1.807) is 0 Å². The minimum atomic E-state index is -1.64. The summed E-state index contributed by atoms with van der Waals surface area (Å²) >= 11 is 0. The molecule has 1 rings (SSSR count). The normalized spacial score (nSPS) is 10.9. The summed E-state index contributed by atoms with van der Waals surface area (Å²) in [5, 5.41) is 17.0. The van der Waals surface area contributed by atoms with Gasteiger partial charge in [-0.15, -0.1) is 0 Å². The third-order valence-electron chi connectivity index (χ3n) is 1.73. The first-order valence-corrected chi connectivity index (χ1v) is 4.00. The molecule has 0 spiro atoms. The fraction of sp³-hybridized carbons (Fsp3) is 0.111. The monoisotopic (exact) mass is 198 g/mol. The van der Waals surface area contributed by atoms with Gasteiger partial charge in [0.25, 0.3) is 0 Å². The zero-order chi connectivity index (χ0) is 10.7. The minimum Gasteiger partial charge on any atom is -0.424 e. The highest BCUT2D eigenvalue weighted by Gasteiger charge is 2.06. The highest BCUT2D eigenvalue weighted by molar-refractivity contribution is 6.48. The van der Waals surface area contributed by atoms with Crippen molar-refractivity contribution in [1.82, 2.24) is 0 Å². The fourth-order valence-corrected chi connectivity index (χ4v) is 0.997. The van der Waals surface area contributed by atoms with Crippen LogP contribution in [0.25, 0.3) is 6.08 Å². The van der Waals surface area contributed by atoms with E-state index >= 15 is 0 Å². The SMILES string of the molecule is Cc1cc(/C=C/B(O)O)c(F)cc1F. The third-order valence-corrected chi connectivity index (χ3v) is 1.73. The molecule has 0 amide bonds. The maximum atomic E-state index is 13.0. The first-order chi connectivity index (χ1) is 6.50. The Morgan fingerprint density at radius 3 is 2.43 bits per heavy atom. The van der Waals surface area contributed by atoms with Crippen LogP contribution < -0.4 is 0 Å². The lowest BCUT2D eigenvalue weighted by Crippen LogP contribution is -2.05. The Kier molecular flexibility index (Phi) is 3.38. The molecule has 0 atom stereocenters. The smallest absolute Gasteiger partial charge is 0.424 e. The van der Waals surface area contributed by atoms with E-state index in [0.29, 0.717) is 5.56 Å². The van der Waals surface area contributed by atoms with Crippen LogP contribution in [-0.4, -0.2) is 17.2 Å². The van der Waals surface area contributed by atoms with Gasteiger partial charge in [-0.1, -0.05) is 12.1 Å². The summed E-state index contributed by atoms with van der Waals surface area (Å²) < 4.78 is 25.8. The second-order valence-corrected chi connectivity index (χ2v) is 2.90. The van der Waals surface area contributed by atoms with Crippen molar-refractivity contribution in [1.29, 1.82) is 0 Å². The Morgan fingerprint density at radius 2 is 1.86 bits per heavy atom. The molecule has 2 N–H and O–H groups in total. The fourth-order valence-electron chi connectivity index (χ4n) is 0.997. The van der Waals surface area contributed by atoms with Crippen LogP contribution >= 0.6 is 0 Å². The van der Waals surface area contributed by atoms with Gasteiger partial charge in [-0.2, -0.15) is 0 Å². The number of hydrogen-bond acceptors (Lipinski definition) is 2. The molecule has 0 heterocycles. The zero-order valence-corrected chi connectivity index (χ0v) is 7.54. The summed E-state index contributed by atoms with van der Waals surface area (Å²) in [4.78, 5) is 0. The molecule has 0 radical (unpaired) electrons. The van der Waals surface area contributed by atoms with E-state index in [0.717, 1.165) is 12.0 Å². The number of aryl methyl sites for hydroxylation is 1. The molecule has 14 heavy (non-hydrogen) atoms. The van der Waals surface area contributed by atoms with Crippen molar-refractivity contribution in [2.45, 2.75) is 6.92 Å². The van der Waals surface area contributed by atoms with E-state index in [1.807, 2.05) is 0 Å². The van der Waals surface area contributed by atoms with Gasteiger partial charge in [0.2, 0.25) is 0 Å². The molecule has 0 saturated heterocycles. The van der Waals surface area contributed by atoms with Crippen molar-refractivity contribution in [2.24, 2.45) is 0 Å². The summed E-state index contributed by atoms with van der Waals surface area (Å²) in [5.41, 5.74) is 0.426. The Bertz CT molecular complexity index is 364. The molecule has 2 nitrogen and oxygen atoms in total. The Hall–Kier alpha value is -1.20. The maximum absolute atomic E-state index is 13.0. The Balaban J connectivity index is 3.04. The molecule has 1 aromatic carbocycles. The predicted molar refractivity (Wildman–Crippen MR) is 50.3 cm³/mol. The van der Waals surface area contributed by atoms with Crippen molar-refractivity contribution in [2.75, 3.05) is 0 Å². The Morgan fingerprint density at radius 1 is 1.21 bits per heavy atom. The number of hydrogen-bond donors (Lipinski definition) is 2. The van der Waals surface area contributed by atoms with Crippen LogP contribution in [0.2, 0.25) is 0 Å². The molecule has 0 aromatic heterocycles. The van der Waals surface area contributed by atoms with Gasteiger partial charge in [-0.05, 0) is 18.6 Å². The summed E-state index contributed by atoms with van der Waals surface area (Å²) in [7, 11) is -1.64. The topological polar surface area (TPSA) is 40.5 Å². The largest absolute Gasteiger partial charge is 0.480 e. The minimum absolute atomic E-state index is 0.122. The van der Waals surface area contributed by atoms with Crippen molar-refractivity contribution < 1.29 is 18.8 Å². The molecule has 0 unspecified atom stereocenters. The van der Waals surface area contributed by atoms with Gasteiger partial charge < -0.3 is 10.0 Å². The van der Waals surface area contributed by atoms with Gasteiger partial charge >= 0.3 is 7.12 Å². The quantitative estimate of drug-likeness (QED) is 0.703. The van der Waals surface area contributed by atoms with Crippen LogP contribution in [0.15, 0.2) is 18.1 Å². The third kappa shape index (κ3) is 2.65. The van der Waals surface area contributed by atoms with Gasteiger partial charge in [0.05, 0.1) is 0 Å².